The SMILES string of the molecule is Cc1c(F)cc(N)cc1S(=O)(=O)Nc1cc(Cl)ccc1Br. The van der Waals surface area contributed by atoms with Crippen LogP contribution in [0.1, 0.15) is 5.56 Å². The molecule has 8 heteroatoms. The summed E-state index contributed by atoms with van der Waals surface area (Å²) >= 11 is 9.06. The molecule has 112 valence electrons. The molecule has 0 amide bonds. The molecule has 0 unspecified atom stereocenters. The average Bonchev–Trinajstić information content (AvgIpc) is 2.37. The summed E-state index contributed by atoms with van der Waals surface area (Å²) in [5.41, 5.74) is 5.79. The Morgan fingerprint density at radius 1 is 1.29 bits per heavy atom. The Balaban J connectivity index is 2.51. The van der Waals surface area contributed by atoms with Gasteiger partial charge in [-0.3, -0.25) is 4.72 Å². The molecule has 0 fully saturated rings. The van der Waals surface area contributed by atoms with E-state index in [1.165, 1.54) is 19.1 Å². The Hall–Kier alpha value is -1.31. The third-order valence-electron chi connectivity index (χ3n) is 2.78. The molecule has 0 heterocycles. The summed E-state index contributed by atoms with van der Waals surface area (Å²) in [6.07, 6.45) is 0. The maximum Gasteiger partial charge on any atom is 0.262 e. The number of sulfonamides is 1. The molecule has 2 aromatic carbocycles. The van der Waals surface area contributed by atoms with Crippen LogP contribution in [-0.4, -0.2) is 8.42 Å². The van der Waals surface area contributed by atoms with Gasteiger partial charge in [0.15, 0.2) is 0 Å². The van der Waals surface area contributed by atoms with Gasteiger partial charge in [-0.05, 0) is 53.2 Å². The first-order valence-corrected chi connectivity index (χ1v) is 8.39. The fourth-order valence-electron chi connectivity index (χ4n) is 1.73. The standard InChI is InChI=1S/C13H11BrClFN2O2S/c1-7-11(16)5-9(17)6-13(7)21(19,20)18-12-4-8(15)2-3-10(12)14/h2-6,18H,17H2,1H3. The van der Waals surface area contributed by atoms with E-state index in [1.807, 2.05) is 0 Å². The number of nitrogens with two attached hydrogens (primary N) is 1. The quantitative estimate of drug-likeness (QED) is 0.776. The fraction of sp³-hybridized carbons (Fsp3) is 0.0769. The van der Waals surface area contributed by atoms with E-state index in [1.54, 1.807) is 12.1 Å². The molecule has 0 aliphatic heterocycles. The molecule has 0 aromatic heterocycles. The molecule has 2 rings (SSSR count). The van der Waals surface area contributed by atoms with Gasteiger partial charge < -0.3 is 5.73 Å². The smallest absolute Gasteiger partial charge is 0.262 e. The Morgan fingerprint density at radius 3 is 2.62 bits per heavy atom. The average molecular weight is 394 g/mol. The van der Waals surface area contributed by atoms with Gasteiger partial charge in [-0.1, -0.05) is 11.6 Å². The molecule has 0 saturated heterocycles. The van der Waals surface area contributed by atoms with E-state index in [9.17, 15) is 12.8 Å². The number of anilines is 2. The summed E-state index contributed by atoms with van der Waals surface area (Å²) in [6, 6.07) is 6.94. The third-order valence-corrected chi connectivity index (χ3v) is 5.20. The molecule has 0 radical (unpaired) electrons. The van der Waals surface area contributed by atoms with E-state index >= 15 is 0 Å². The van der Waals surface area contributed by atoms with E-state index in [0.29, 0.717) is 9.50 Å². The lowest BCUT2D eigenvalue weighted by Gasteiger charge is -2.13. The number of rotatable bonds is 3. The number of nitrogen functional groups attached to an aromatic ring is 1. The van der Waals surface area contributed by atoms with Gasteiger partial charge in [-0.2, -0.15) is 0 Å². The summed E-state index contributed by atoms with van der Waals surface area (Å²) in [5.74, 6) is -0.680. The number of hydrogen-bond acceptors (Lipinski definition) is 3. The summed E-state index contributed by atoms with van der Waals surface area (Å²) in [6.45, 7) is 1.37. The molecule has 21 heavy (non-hydrogen) atoms. The van der Waals surface area contributed by atoms with Gasteiger partial charge in [-0.25, -0.2) is 12.8 Å². The summed E-state index contributed by atoms with van der Waals surface area (Å²) in [5, 5.41) is 0.367. The highest BCUT2D eigenvalue weighted by molar-refractivity contribution is 9.10. The number of halogens is 3. The van der Waals surface area contributed by atoms with Gasteiger partial charge in [0, 0.05) is 20.7 Å². The maximum absolute atomic E-state index is 13.6. The van der Waals surface area contributed by atoms with Crippen LogP contribution in [0.4, 0.5) is 15.8 Å². The molecule has 0 aliphatic carbocycles. The zero-order valence-corrected chi connectivity index (χ0v) is 14.0. The van der Waals surface area contributed by atoms with Crippen LogP contribution in [-0.2, 0) is 10.0 Å². The van der Waals surface area contributed by atoms with Gasteiger partial charge >= 0.3 is 0 Å². The monoisotopic (exact) mass is 392 g/mol. The van der Waals surface area contributed by atoms with Gasteiger partial charge in [0.05, 0.1) is 10.6 Å². The van der Waals surface area contributed by atoms with Gasteiger partial charge in [0.1, 0.15) is 5.82 Å². The minimum Gasteiger partial charge on any atom is -0.399 e. The largest absolute Gasteiger partial charge is 0.399 e. The van der Waals surface area contributed by atoms with Crippen LogP contribution >= 0.6 is 27.5 Å². The highest BCUT2D eigenvalue weighted by Crippen LogP contribution is 2.30. The van der Waals surface area contributed by atoms with Crippen molar-refractivity contribution in [3.63, 3.8) is 0 Å². The van der Waals surface area contributed by atoms with Crippen molar-refractivity contribution in [1.29, 1.82) is 0 Å². The minimum absolute atomic E-state index is 0.00477. The van der Waals surface area contributed by atoms with Gasteiger partial charge in [0.25, 0.3) is 10.0 Å². The van der Waals surface area contributed by atoms with Crippen LogP contribution in [0, 0.1) is 12.7 Å². The van der Waals surface area contributed by atoms with Gasteiger partial charge in [-0.15, -0.1) is 0 Å². The van der Waals surface area contributed by atoms with Crippen LogP contribution in [0.5, 0.6) is 0 Å². The number of hydrogen-bond donors (Lipinski definition) is 2. The maximum atomic E-state index is 13.6. The predicted molar refractivity (Wildman–Crippen MR) is 85.5 cm³/mol. The van der Waals surface area contributed by atoms with Crippen molar-refractivity contribution in [3.05, 3.63) is 51.2 Å². The molecule has 0 atom stereocenters. The molecular weight excluding hydrogens is 383 g/mol. The zero-order valence-electron chi connectivity index (χ0n) is 10.8. The van der Waals surface area contributed by atoms with E-state index in [2.05, 4.69) is 20.7 Å². The third kappa shape index (κ3) is 3.48. The van der Waals surface area contributed by atoms with Crippen molar-refractivity contribution in [2.45, 2.75) is 11.8 Å². The fourth-order valence-corrected chi connectivity index (χ4v) is 3.74. The van der Waals surface area contributed by atoms with Crippen molar-refractivity contribution >= 4 is 48.9 Å². The number of nitrogens with one attached hydrogen (secondary N) is 1. The molecule has 4 nitrogen and oxygen atoms in total. The lowest BCUT2D eigenvalue weighted by atomic mass is 10.2. The highest BCUT2D eigenvalue weighted by atomic mass is 79.9. The van der Waals surface area contributed by atoms with Crippen molar-refractivity contribution in [1.82, 2.24) is 0 Å². The summed E-state index contributed by atoms with van der Waals surface area (Å²) < 4.78 is 41.3. The zero-order chi connectivity index (χ0) is 15.8. The number of benzene rings is 2. The second kappa shape index (κ2) is 5.82. The molecule has 0 spiro atoms. The van der Waals surface area contributed by atoms with Crippen molar-refractivity contribution in [2.75, 3.05) is 10.5 Å². The van der Waals surface area contributed by atoms with E-state index in [0.717, 1.165) is 6.07 Å². The lowest BCUT2D eigenvalue weighted by Crippen LogP contribution is -2.15. The molecule has 2 aromatic rings. The molecule has 0 aliphatic rings. The van der Waals surface area contributed by atoms with Crippen molar-refractivity contribution in [3.8, 4) is 0 Å². The Morgan fingerprint density at radius 2 is 1.95 bits per heavy atom. The first-order valence-electron chi connectivity index (χ1n) is 5.74. The minimum atomic E-state index is -3.99. The van der Waals surface area contributed by atoms with E-state index < -0.39 is 15.8 Å². The lowest BCUT2D eigenvalue weighted by molar-refractivity contribution is 0.591. The van der Waals surface area contributed by atoms with Crippen molar-refractivity contribution < 1.29 is 12.8 Å². The first kappa shape index (κ1) is 16.1. The second-order valence-corrected chi connectivity index (χ2v) is 7.30. The second-order valence-electron chi connectivity index (χ2n) is 4.36. The highest BCUT2D eigenvalue weighted by Gasteiger charge is 2.21. The van der Waals surface area contributed by atoms with Crippen LogP contribution in [0.3, 0.4) is 0 Å². The van der Waals surface area contributed by atoms with Crippen LogP contribution < -0.4 is 10.5 Å². The molecule has 0 saturated carbocycles. The Labute approximate surface area is 135 Å². The summed E-state index contributed by atoms with van der Waals surface area (Å²) in [4.78, 5) is -0.216. The van der Waals surface area contributed by atoms with E-state index in [4.69, 9.17) is 17.3 Å². The molecular formula is C13H11BrClFN2O2S. The van der Waals surface area contributed by atoms with Crippen LogP contribution in [0.2, 0.25) is 5.02 Å². The van der Waals surface area contributed by atoms with Gasteiger partial charge in [0.2, 0.25) is 0 Å². The topological polar surface area (TPSA) is 72.2 Å². The van der Waals surface area contributed by atoms with E-state index in [-0.39, 0.29) is 21.8 Å². The van der Waals surface area contributed by atoms with Crippen LogP contribution in [0.15, 0.2) is 39.7 Å². The molecule has 3 N–H and O–H groups in total. The predicted octanol–water partition coefficient (Wildman–Crippen LogP) is 3.93. The Bertz CT molecular complexity index is 812. The summed E-state index contributed by atoms with van der Waals surface area (Å²) in [7, 11) is -3.99. The Kier molecular flexibility index (Phi) is 4.46. The molecule has 0 bridgehead atoms. The first-order chi connectivity index (χ1) is 9.70. The normalized spacial score (nSPS) is 11.4. The van der Waals surface area contributed by atoms with Crippen molar-refractivity contribution in [2.24, 2.45) is 0 Å². The van der Waals surface area contributed by atoms with Crippen LogP contribution in [0.25, 0.3) is 0 Å².